The average molecular weight is 386 g/mol. The highest BCUT2D eigenvalue weighted by Crippen LogP contribution is 2.28. The molecule has 3 nitrogen and oxygen atoms in total. The van der Waals surface area contributed by atoms with Crippen molar-refractivity contribution in [2.45, 2.75) is 37.5 Å². The van der Waals surface area contributed by atoms with Crippen molar-refractivity contribution in [1.29, 1.82) is 0 Å². The second kappa shape index (κ2) is 8.09. The third kappa shape index (κ3) is 4.48. The summed E-state index contributed by atoms with van der Waals surface area (Å²) in [6.45, 7) is 2.17. The third-order valence-corrected chi connectivity index (χ3v) is 5.79. The molecule has 0 bridgehead atoms. The molecule has 27 heavy (non-hydrogen) atoms. The van der Waals surface area contributed by atoms with Gasteiger partial charge in [-0.05, 0) is 66.9 Å². The van der Waals surface area contributed by atoms with E-state index in [1.807, 2.05) is 18.2 Å². The van der Waals surface area contributed by atoms with E-state index in [1.54, 1.807) is 24.3 Å². The van der Waals surface area contributed by atoms with Crippen LogP contribution in [0.4, 0.5) is 4.39 Å². The van der Waals surface area contributed by atoms with Crippen LogP contribution in [0.3, 0.4) is 0 Å². The first-order chi connectivity index (χ1) is 12.9. The van der Waals surface area contributed by atoms with Crippen molar-refractivity contribution in [3.8, 4) is 16.9 Å². The zero-order valence-corrected chi connectivity index (χ0v) is 16.5. The Balaban J connectivity index is 2.05. The van der Waals surface area contributed by atoms with E-state index in [2.05, 4.69) is 17.6 Å². The molecule has 0 radical (unpaired) electrons. The summed E-state index contributed by atoms with van der Waals surface area (Å²) in [4.78, 5) is 0.300. The van der Waals surface area contributed by atoms with Gasteiger partial charge in [0, 0.05) is 17.6 Å². The molecule has 0 saturated heterocycles. The summed E-state index contributed by atoms with van der Waals surface area (Å²) in [6.07, 6.45) is 5.54. The lowest BCUT2D eigenvalue weighted by atomic mass is 10.1. The van der Waals surface area contributed by atoms with Gasteiger partial charge in [-0.15, -0.1) is 0 Å². The lowest BCUT2D eigenvalue weighted by Gasteiger charge is -2.14. The number of nitrogens with zero attached hydrogens (tertiary/aromatic N) is 1. The van der Waals surface area contributed by atoms with Crippen molar-refractivity contribution >= 4 is 9.84 Å². The fraction of sp³-hybridized carbons (Fsp3) is 0.273. The van der Waals surface area contributed by atoms with E-state index < -0.39 is 9.84 Å². The van der Waals surface area contributed by atoms with Gasteiger partial charge >= 0.3 is 0 Å². The van der Waals surface area contributed by atoms with Gasteiger partial charge in [-0.1, -0.05) is 31.9 Å². The van der Waals surface area contributed by atoms with Crippen molar-refractivity contribution in [2.24, 2.45) is 0 Å². The monoisotopic (exact) mass is 385 g/mol. The number of benzene rings is 2. The van der Waals surface area contributed by atoms with Gasteiger partial charge in [-0.3, -0.25) is 0 Å². The number of halogens is 1. The van der Waals surface area contributed by atoms with Crippen LogP contribution in [-0.4, -0.2) is 19.2 Å². The van der Waals surface area contributed by atoms with Crippen molar-refractivity contribution in [1.82, 2.24) is 4.57 Å². The molecule has 0 fully saturated rings. The normalized spacial score (nSPS) is 11.7. The largest absolute Gasteiger partial charge is 0.314 e. The second-order valence-corrected chi connectivity index (χ2v) is 8.79. The van der Waals surface area contributed by atoms with Crippen LogP contribution < -0.4 is 0 Å². The van der Waals surface area contributed by atoms with Gasteiger partial charge in [-0.2, -0.15) is 0 Å². The highest BCUT2D eigenvalue weighted by molar-refractivity contribution is 7.90. The number of hydrogen-bond donors (Lipinski definition) is 0. The quantitative estimate of drug-likeness (QED) is 0.510. The van der Waals surface area contributed by atoms with E-state index in [4.69, 9.17) is 0 Å². The number of unbranched alkanes of at least 4 members (excludes halogenated alkanes) is 2. The average Bonchev–Trinajstić information content (AvgIpc) is 3.06. The van der Waals surface area contributed by atoms with Crippen LogP contribution in [0.25, 0.3) is 16.9 Å². The van der Waals surface area contributed by atoms with Gasteiger partial charge in [-0.25, -0.2) is 12.8 Å². The van der Waals surface area contributed by atoms with Crippen molar-refractivity contribution in [3.63, 3.8) is 0 Å². The molecule has 0 unspecified atom stereocenters. The van der Waals surface area contributed by atoms with E-state index in [0.29, 0.717) is 4.90 Å². The van der Waals surface area contributed by atoms with Crippen LogP contribution in [0.2, 0.25) is 0 Å². The molecule has 3 aromatic rings. The minimum atomic E-state index is -3.23. The Morgan fingerprint density at radius 2 is 1.56 bits per heavy atom. The highest BCUT2D eigenvalue weighted by atomic mass is 32.2. The van der Waals surface area contributed by atoms with E-state index >= 15 is 0 Å². The molecular weight excluding hydrogens is 361 g/mol. The first-order valence-corrected chi connectivity index (χ1v) is 11.1. The molecule has 3 rings (SSSR count). The van der Waals surface area contributed by atoms with E-state index in [1.165, 1.54) is 18.4 Å². The number of rotatable bonds is 7. The lowest BCUT2D eigenvalue weighted by molar-refractivity contribution is 0.602. The molecule has 0 N–H and O–H groups in total. The number of hydrogen-bond acceptors (Lipinski definition) is 2. The topological polar surface area (TPSA) is 39.1 Å². The van der Waals surface area contributed by atoms with Crippen molar-refractivity contribution in [2.75, 3.05) is 6.26 Å². The van der Waals surface area contributed by atoms with Crippen LogP contribution in [0.1, 0.15) is 31.9 Å². The fourth-order valence-electron chi connectivity index (χ4n) is 3.22. The molecule has 142 valence electrons. The molecule has 0 aliphatic carbocycles. The first-order valence-electron chi connectivity index (χ1n) is 9.17. The summed E-state index contributed by atoms with van der Waals surface area (Å²) in [6, 6.07) is 17.5. The molecule has 2 aromatic carbocycles. The van der Waals surface area contributed by atoms with Gasteiger partial charge in [0.15, 0.2) is 9.84 Å². The highest BCUT2D eigenvalue weighted by Gasteiger charge is 2.13. The predicted octanol–water partition coefficient (Wildman–Crippen LogP) is 5.42. The molecule has 0 aliphatic rings. The SMILES string of the molecule is CCCCCc1ccc(-c2ccc(S(C)(=O)=O)cc2)n1-c1ccc(F)cc1. The van der Waals surface area contributed by atoms with E-state index in [0.717, 1.165) is 48.3 Å². The molecule has 5 heteroatoms. The summed E-state index contributed by atoms with van der Waals surface area (Å²) in [5, 5.41) is 0. The van der Waals surface area contributed by atoms with Crippen molar-refractivity contribution < 1.29 is 12.8 Å². The number of sulfone groups is 1. The third-order valence-electron chi connectivity index (χ3n) is 4.66. The number of aryl methyl sites for hydroxylation is 1. The Hall–Kier alpha value is -2.40. The summed E-state index contributed by atoms with van der Waals surface area (Å²) < 4.78 is 38.9. The Kier molecular flexibility index (Phi) is 5.80. The van der Waals surface area contributed by atoms with Gasteiger partial charge < -0.3 is 4.57 Å². The maximum absolute atomic E-state index is 13.4. The first kappa shape index (κ1) is 19.4. The minimum Gasteiger partial charge on any atom is -0.314 e. The lowest BCUT2D eigenvalue weighted by Crippen LogP contribution is -2.03. The minimum absolute atomic E-state index is 0.266. The van der Waals surface area contributed by atoms with Crippen LogP contribution >= 0.6 is 0 Å². The van der Waals surface area contributed by atoms with Gasteiger partial charge in [0.2, 0.25) is 0 Å². The molecule has 1 heterocycles. The fourth-order valence-corrected chi connectivity index (χ4v) is 3.85. The molecule has 0 aliphatic heterocycles. The van der Waals surface area contributed by atoms with E-state index in [-0.39, 0.29) is 5.82 Å². The summed E-state index contributed by atoms with van der Waals surface area (Å²) in [7, 11) is -3.23. The molecular formula is C22H24FNO2S. The maximum Gasteiger partial charge on any atom is 0.175 e. The second-order valence-electron chi connectivity index (χ2n) is 6.78. The maximum atomic E-state index is 13.4. The summed E-state index contributed by atoms with van der Waals surface area (Å²) >= 11 is 0. The van der Waals surface area contributed by atoms with E-state index in [9.17, 15) is 12.8 Å². The zero-order valence-electron chi connectivity index (χ0n) is 15.7. The number of aromatic nitrogens is 1. The van der Waals surface area contributed by atoms with Crippen LogP contribution in [0.15, 0.2) is 65.6 Å². The molecule has 1 aromatic heterocycles. The van der Waals surface area contributed by atoms with Crippen LogP contribution in [-0.2, 0) is 16.3 Å². The Labute approximate surface area is 160 Å². The molecule has 0 saturated carbocycles. The Morgan fingerprint density at radius 3 is 2.15 bits per heavy atom. The Bertz CT molecular complexity index is 1000. The summed E-state index contributed by atoms with van der Waals surface area (Å²) in [5.74, 6) is -0.266. The van der Waals surface area contributed by atoms with Gasteiger partial charge in [0.05, 0.1) is 10.6 Å². The Morgan fingerprint density at radius 1 is 0.889 bits per heavy atom. The predicted molar refractivity (Wildman–Crippen MR) is 108 cm³/mol. The van der Waals surface area contributed by atoms with Crippen molar-refractivity contribution in [3.05, 3.63) is 72.2 Å². The van der Waals surface area contributed by atoms with Gasteiger partial charge in [0.25, 0.3) is 0 Å². The van der Waals surface area contributed by atoms with Gasteiger partial charge in [0.1, 0.15) is 5.82 Å². The smallest absolute Gasteiger partial charge is 0.175 e. The zero-order chi connectivity index (χ0) is 19.4. The summed E-state index contributed by atoms with van der Waals surface area (Å²) in [5.41, 5.74) is 3.95. The van der Waals surface area contributed by atoms with Crippen LogP contribution in [0, 0.1) is 5.82 Å². The standard InChI is InChI=1S/C22H24FNO2S/c1-3-4-5-6-19-13-16-22(24(19)20-11-9-18(23)10-12-20)17-7-14-21(15-8-17)27(2,25)26/h7-16H,3-6H2,1-2H3. The molecule has 0 amide bonds. The van der Waals surface area contributed by atoms with Crippen LogP contribution in [0.5, 0.6) is 0 Å². The molecule has 0 spiro atoms. The molecule has 0 atom stereocenters.